The second-order valence-electron chi connectivity index (χ2n) is 5.93. The molecule has 3 nitrogen and oxygen atoms in total. The van der Waals surface area contributed by atoms with Crippen LogP contribution in [-0.2, 0) is 5.60 Å². The van der Waals surface area contributed by atoms with Gasteiger partial charge in [-0.3, -0.25) is 4.98 Å². The average Bonchev–Trinajstić information content (AvgIpc) is 2.47. The van der Waals surface area contributed by atoms with Gasteiger partial charge in [0, 0.05) is 18.0 Å². The Hall–Kier alpha value is -1.87. The first-order valence-corrected chi connectivity index (χ1v) is 7.32. The van der Waals surface area contributed by atoms with E-state index in [2.05, 4.69) is 18.8 Å². The minimum Gasteiger partial charge on any atom is -0.490 e. The van der Waals surface area contributed by atoms with E-state index in [1.54, 1.807) is 12.4 Å². The second kappa shape index (κ2) is 6.72. The molecule has 1 atom stereocenters. The normalized spacial score (nSPS) is 14.0. The van der Waals surface area contributed by atoms with Gasteiger partial charge in [0.25, 0.3) is 0 Å². The predicted molar refractivity (Wildman–Crippen MR) is 84.3 cm³/mol. The summed E-state index contributed by atoms with van der Waals surface area (Å²) in [6.07, 6.45) is 4.05. The van der Waals surface area contributed by atoms with Crippen LogP contribution in [0.25, 0.3) is 0 Å². The summed E-state index contributed by atoms with van der Waals surface area (Å²) in [5.41, 5.74) is 0.841. The van der Waals surface area contributed by atoms with Crippen LogP contribution in [0, 0.1) is 12.8 Å². The molecule has 0 aliphatic carbocycles. The molecule has 1 aromatic carbocycles. The SMILES string of the molecule is Cc1ccccc1OCC(O)(CC(C)C)c1cccnc1. The molecular formula is C18H23NO2. The molecule has 2 aromatic rings. The second-order valence-corrected chi connectivity index (χ2v) is 5.93. The van der Waals surface area contributed by atoms with E-state index < -0.39 is 5.60 Å². The molecule has 112 valence electrons. The van der Waals surface area contributed by atoms with Crippen molar-refractivity contribution in [3.63, 3.8) is 0 Å². The van der Waals surface area contributed by atoms with Gasteiger partial charge in [-0.05, 0) is 37.0 Å². The van der Waals surface area contributed by atoms with Gasteiger partial charge in [-0.1, -0.05) is 38.1 Å². The Labute approximate surface area is 126 Å². The number of aromatic nitrogens is 1. The van der Waals surface area contributed by atoms with Crippen LogP contribution in [0.1, 0.15) is 31.4 Å². The molecule has 3 heteroatoms. The molecule has 0 saturated carbocycles. The minimum absolute atomic E-state index is 0.224. The van der Waals surface area contributed by atoms with Gasteiger partial charge in [0.05, 0.1) is 0 Å². The third-order valence-electron chi connectivity index (χ3n) is 3.50. The van der Waals surface area contributed by atoms with Crippen LogP contribution in [0.4, 0.5) is 0 Å². The number of aryl methyl sites for hydroxylation is 1. The van der Waals surface area contributed by atoms with Crippen LogP contribution in [-0.4, -0.2) is 16.7 Å². The first kappa shape index (κ1) is 15.5. The van der Waals surface area contributed by atoms with Crippen LogP contribution in [0.2, 0.25) is 0 Å². The minimum atomic E-state index is -1.02. The molecule has 0 bridgehead atoms. The van der Waals surface area contributed by atoms with Crippen molar-refractivity contribution in [2.75, 3.05) is 6.61 Å². The fraction of sp³-hybridized carbons (Fsp3) is 0.389. The highest BCUT2D eigenvalue weighted by atomic mass is 16.5. The van der Waals surface area contributed by atoms with Gasteiger partial charge in [0.1, 0.15) is 18.0 Å². The molecule has 0 aliphatic rings. The largest absolute Gasteiger partial charge is 0.490 e. The van der Waals surface area contributed by atoms with Crippen LogP contribution in [0.5, 0.6) is 5.75 Å². The predicted octanol–water partition coefficient (Wildman–Crippen LogP) is 3.70. The monoisotopic (exact) mass is 285 g/mol. The van der Waals surface area contributed by atoms with E-state index in [0.717, 1.165) is 16.9 Å². The van der Waals surface area contributed by atoms with Crippen molar-refractivity contribution >= 4 is 0 Å². The summed E-state index contributed by atoms with van der Waals surface area (Å²) in [4.78, 5) is 4.12. The van der Waals surface area contributed by atoms with Gasteiger partial charge in [0.15, 0.2) is 0 Å². The van der Waals surface area contributed by atoms with Crippen molar-refractivity contribution in [1.29, 1.82) is 0 Å². The van der Waals surface area contributed by atoms with Gasteiger partial charge in [-0.2, -0.15) is 0 Å². The number of hydrogen-bond donors (Lipinski definition) is 1. The lowest BCUT2D eigenvalue weighted by molar-refractivity contribution is -0.0270. The van der Waals surface area contributed by atoms with Gasteiger partial charge >= 0.3 is 0 Å². The van der Waals surface area contributed by atoms with Crippen molar-refractivity contribution in [1.82, 2.24) is 4.98 Å². The summed E-state index contributed by atoms with van der Waals surface area (Å²) in [5.74, 6) is 1.17. The molecule has 1 aromatic heterocycles. The molecular weight excluding hydrogens is 262 g/mol. The van der Waals surface area contributed by atoms with Gasteiger partial charge < -0.3 is 9.84 Å². The Morgan fingerprint density at radius 3 is 2.57 bits per heavy atom. The lowest BCUT2D eigenvalue weighted by Gasteiger charge is -2.30. The fourth-order valence-corrected chi connectivity index (χ4v) is 2.49. The Morgan fingerprint density at radius 1 is 1.19 bits per heavy atom. The summed E-state index contributed by atoms with van der Waals surface area (Å²) in [5, 5.41) is 11.0. The third kappa shape index (κ3) is 4.05. The number of ether oxygens (including phenoxy) is 1. The maximum Gasteiger partial charge on any atom is 0.125 e. The van der Waals surface area contributed by atoms with Crippen LogP contribution < -0.4 is 4.74 Å². The standard InChI is InChI=1S/C18H23NO2/c1-14(2)11-18(20,16-8-6-10-19-12-16)13-21-17-9-5-4-7-15(17)3/h4-10,12,14,20H,11,13H2,1-3H3. The van der Waals surface area contributed by atoms with E-state index in [0.29, 0.717) is 12.3 Å². The summed E-state index contributed by atoms with van der Waals surface area (Å²) >= 11 is 0. The maximum absolute atomic E-state index is 11.0. The van der Waals surface area contributed by atoms with E-state index in [1.807, 2.05) is 43.3 Å². The molecule has 2 rings (SSSR count). The summed E-state index contributed by atoms with van der Waals surface area (Å²) in [7, 11) is 0. The molecule has 1 unspecified atom stereocenters. The number of pyridine rings is 1. The fourth-order valence-electron chi connectivity index (χ4n) is 2.49. The summed E-state index contributed by atoms with van der Waals surface area (Å²) < 4.78 is 5.88. The van der Waals surface area contributed by atoms with Crippen molar-refractivity contribution in [2.24, 2.45) is 5.92 Å². The molecule has 0 aliphatic heterocycles. The summed E-state index contributed by atoms with van der Waals surface area (Å²) in [6, 6.07) is 11.6. The molecule has 1 heterocycles. The zero-order valence-electron chi connectivity index (χ0n) is 12.9. The molecule has 0 saturated heterocycles. The Morgan fingerprint density at radius 2 is 1.95 bits per heavy atom. The molecule has 21 heavy (non-hydrogen) atoms. The zero-order valence-corrected chi connectivity index (χ0v) is 12.9. The number of para-hydroxylation sites is 1. The summed E-state index contributed by atoms with van der Waals surface area (Å²) in [6.45, 7) is 6.41. The number of aliphatic hydroxyl groups is 1. The Kier molecular flexibility index (Phi) is 4.97. The third-order valence-corrected chi connectivity index (χ3v) is 3.50. The highest BCUT2D eigenvalue weighted by Gasteiger charge is 2.31. The van der Waals surface area contributed by atoms with E-state index in [9.17, 15) is 5.11 Å². The molecule has 0 amide bonds. The average molecular weight is 285 g/mol. The molecule has 0 fully saturated rings. The highest BCUT2D eigenvalue weighted by molar-refractivity contribution is 5.32. The van der Waals surface area contributed by atoms with Gasteiger partial charge in [-0.15, -0.1) is 0 Å². The van der Waals surface area contributed by atoms with Crippen LogP contribution in [0.15, 0.2) is 48.8 Å². The highest BCUT2D eigenvalue weighted by Crippen LogP contribution is 2.30. The van der Waals surface area contributed by atoms with Crippen molar-refractivity contribution in [3.8, 4) is 5.75 Å². The topological polar surface area (TPSA) is 42.4 Å². The smallest absolute Gasteiger partial charge is 0.125 e. The Balaban J connectivity index is 2.19. The lowest BCUT2D eigenvalue weighted by Crippen LogP contribution is -2.35. The molecule has 1 N–H and O–H groups in total. The van der Waals surface area contributed by atoms with Crippen molar-refractivity contribution < 1.29 is 9.84 Å². The van der Waals surface area contributed by atoms with Gasteiger partial charge in [-0.25, -0.2) is 0 Å². The lowest BCUT2D eigenvalue weighted by atomic mass is 9.87. The van der Waals surface area contributed by atoms with Crippen LogP contribution in [0.3, 0.4) is 0 Å². The van der Waals surface area contributed by atoms with E-state index >= 15 is 0 Å². The zero-order chi connectivity index (χ0) is 15.3. The van der Waals surface area contributed by atoms with Gasteiger partial charge in [0.2, 0.25) is 0 Å². The Bertz CT molecular complexity index is 568. The van der Waals surface area contributed by atoms with Crippen molar-refractivity contribution in [3.05, 3.63) is 59.9 Å². The van der Waals surface area contributed by atoms with E-state index in [4.69, 9.17) is 4.74 Å². The number of benzene rings is 1. The number of nitrogens with zero attached hydrogens (tertiary/aromatic N) is 1. The molecule has 0 radical (unpaired) electrons. The number of hydrogen-bond acceptors (Lipinski definition) is 3. The number of rotatable bonds is 6. The van der Waals surface area contributed by atoms with E-state index in [-0.39, 0.29) is 6.61 Å². The van der Waals surface area contributed by atoms with E-state index in [1.165, 1.54) is 0 Å². The first-order chi connectivity index (χ1) is 10.0. The maximum atomic E-state index is 11.0. The first-order valence-electron chi connectivity index (χ1n) is 7.32. The molecule has 0 spiro atoms. The quantitative estimate of drug-likeness (QED) is 0.880. The van der Waals surface area contributed by atoms with Crippen LogP contribution >= 0.6 is 0 Å². The van der Waals surface area contributed by atoms with Crippen molar-refractivity contribution in [2.45, 2.75) is 32.8 Å².